The van der Waals surface area contributed by atoms with E-state index in [-0.39, 0.29) is 0 Å². The fourth-order valence-corrected chi connectivity index (χ4v) is 0.831. The van der Waals surface area contributed by atoms with E-state index in [1.54, 1.807) is 12.1 Å². The molecule has 1 rings (SSSR count). The number of rotatable bonds is 3. The third-order valence-corrected chi connectivity index (χ3v) is 1.45. The molecule has 1 aromatic rings. The van der Waals surface area contributed by atoms with Gasteiger partial charge in [0.2, 0.25) is 0 Å². The van der Waals surface area contributed by atoms with Crippen LogP contribution in [0.1, 0.15) is 11.1 Å². The molecule has 12 heavy (non-hydrogen) atoms. The van der Waals surface area contributed by atoms with Gasteiger partial charge in [-0.1, -0.05) is 18.7 Å². The number of hydrogen-bond donors (Lipinski definition) is 0. The summed E-state index contributed by atoms with van der Waals surface area (Å²) in [5.74, 6) is 0. The molecule has 0 aromatic heterocycles. The Balaban J connectivity index is 2.66. The van der Waals surface area contributed by atoms with Crippen molar-refractivity contribution in [3.05, 3.63) is 48.2 Å². The van der Waals surface area contributed by atoms with Gasteiger partial charge in [0.1, 0.15) is 6.61 Å². The third kappa shape index (κ3) is 2.14. The second-order valence-corrected chi connectivity index (χ2v) is 2.29. The molecule has 0 saturated carbocycles. The Morgan fingerprint density at radius 2 is 2.08 bits per heavy atom. The normalized spacial score (nSPS) is 8.58. The van der Waals surface area contributed by atoms with Crippen LogP contribution in [0.4, 0.5) is 0 Å². The molecule has 0 atom stereocenters. The molecule has 1 aromatic carbocycles. The van der Waals surface area contributed by atoms with E-state index >= 15 is 0 Å². The lowest BCUT2D eigenvalue weighted by atomic mass is 10.2. The van der Waals surface area contributed by atoms with E-state index in [0.29, 0.717) is 12.2 Å². The summed E-state index contributed by atoms with van der Waals surface area (Å²) in [7, 11) is 0. The molecule has 0 radical (unpaired) electrons. The fraction of sp³-hybridized carbons (Fsp3) is 0.100. The molecule has 0 fully saturated rings. The average Bonchev–Trinajstić information content (AvgIpc) is 2.15. The van der Waals surface area contributed by atoms with Gasteiger partial charge in [0.15, 0.2) is 0 Å². The fourth-order valence-electron chi connectivity index (χ4n) is 0.831. The molecule has 60 valence electrons. The maximum absolute atomic E-state index is 8.51. The van der Waals surface area contributed by atoms with Crippen molar-refractivity contribution in [2.45, 2.75) is 6.61 Å². The van der Waals surface area contributed by atoms with Crippen LogP contribution in [0.5, 0.6) is 0 Å². The lowest BCUT2D eigenvalue weighted by molar-refractivity contribution is 0.237. The van der Waals surface area contributed by atoms with Gasteiger partial charge < -0.3 is 4.74 Å². The highest BCUT2D eigenvalue weighted by Crippen LogP contribution is 2.04. The van der Waals surface area contributed by atoms with Crippen molar-refractivity contribution in [3.63, 3.8) is 0 Å². The zero-order chi connectivity index (χ0) is 8.81. The maximum atomic E-state index is 8.51. The first kappa shape index (κ1) is 8.35. The van der Waals surface area contributed by atoms with Crippen molar-refractivity contribution >= 4 is 0 Å². The molecular formula is C10H9NO. The van der Waals surface area contributed by atoms with E-state index in [1.165, 1.54) is 6.26 Å². The second-order valence-electron chi connectivity index (χ2n) is 2.29. The molecular weight excluding hydrogens is 150 g/mol. The summed E-state index contributed by atoms with van der Waals surface area (Å²) in [5.41, 5.74) is 1.70. The quantitative estimate of drug-likeness (QED) is 0.633. The highest BCUT2D eigenvalue weighted by molar-refractivity contribution is 5.31. The highest BCUT2D eigenvalue weighted by Gasteiger charge is 1.91. The van der Waals surface area contributed by atoms with Gasteiger partial charge >= 0.3 is 0 Å². The molecule has 2 heteroatoms. The lowest BCUT2D eigenvalue weighted by Crippen LogP contribution is -1.85. The Kier molecular flexibility index (Phi) is 2.92. The van der Waals surface area contributed by atoms with Crippen molar-refractivity contribution in [1.29, 1.82) is 5.26 Å². The van der Waals surface area contributed by atoms with Gasteiger partial charge in [-0.25, -0.2) is 0 Å². The van der Waals surface area contributed by atoms with Crippen molar-refractivity contribution in [2.24, 2.45) is 0 Å². The molecule has 0 aliphatic rings. The topological polar surface area (TPSA) is 33.0 Å². The van der Waals surface area contributed by atoms with E-state index in [1.807, 2.05) is 18.2 Å². The van der Waals surface area contributed by atoms with E-state index < -0.39 is 0 Å². The smallest absolute Gasteiger partial charge is 0.112 e. The van der Waals surface area contributed by atoms with Gasteiger partial charge in [0, 0.05) is 0 Å². The van der Waals surface area contributed by atoms with E-state index in [4.69, 9.17) is 10.00 Å². The number of hydrogen-bond acceptors (Lipinski definition) is 2. The van der Waals surface area contributed by atoms with Crippen LogP contribution in [0.25, 0.3) is 0 Å². The molecule has 0 aliphatic heterocycles. The molecule has 0 aliphatic carbocycles. The summed E-state index contributed by atoms with van der Waals surface area (Å²) < 4.78 is 4.97. The van der Waals surface area contributed by atoms with Crippen LogP contribution in [0.15, 0.2) is 37.1 Å². The predicted molar refractivity (Wildman–Crippen MR) is 46.1 cm³/mol. The third-order valence-electron chi connectivity index (χ3n) is 1.45. The number of nitrogens with zero attached hydrogens (tertiary/aromatic N) is 1. The number of benzene rings is 1. The summed E-state index contributed by atoms with van der Waals surface area (Å²) in [6.07, 6.45) is 1.40. The predicted octanol–water partition coefficient (Wildman–Crippen LogP) is 2.22. The molecule has 0 heterocycles. The Morgan fingerprint density at radius 3 is 2.58 bits per heavy atom. The molecule has 2 nitrogen and oxygen atoms in total. The minimum atomic E-state index is 0.509. The molecule has 0 unspecified atom stereocenters. The summed E-state index contributed by atoms with van der Waals surface area (Å²) in [6, 6.07) is 9.31. The zero-order valence-electron chi connectivity index (χ0n) is 6.66. The average molecular weight is 159 g/mol. The first-order valence-electron chi connectivity index (χ1n) is 3.58. The maximum Gasteiger partial charge on any atom is 0.112 e. The van der Waals surface area contributed by atoms with Crippen LogP contribution < -0.4 is 0 Å². The van der Waals surface area contributed by atoms with Crippen molar-refractivity contribution < 1.29 is 4.74 Å². The van der Waals surface area contributed by atoms with Crippen molar-refractivity contribution in [3.8, 4) is 6.07 Å². The van der Waals surface area contributed by atoms with E-state index in [9.17, 15) is 0 Å². The van der Waals surface area contributed by atoms with Gasteiger partial charge in [-0.05, 0) is 17.7 Å². The Hall–Kier alpha value is -1.75. The van der Waals surface area contributed by atoms with E-state index in [0.717, 1.165) is 5.56 Å². The summed E-state index contributed by atoms with van der Waals surface area (Å²) in [4.78, 5) is 0. The zero-order valence-corrected chi connectivity index (χ0v) is 6.66. The lowest BCUT2D eigenvalue weighted by Gasteiger charge is -1.99. The van der Waals surface area contributed by atoms with Crippen LogP contribution in [0.3, 0.4) is 0 Å². The van der Waals surface area contributed by atoms with Gasteiger partial charge in [-0.2, -0.15) is 5.26 Å². The standard InChI is InChI=1S/C10H9NO/c1-2-12-8-10-5-3-9(7-11)4-6-10/h2-6H,1,8H2. The molecule has 0 spiro atoms. The van der Waals surface area contributed by atoms with E-state index in [2.05, 4.69) is 6.58 Å². The van der Waals surface area contributed by atoms with Gasteiger partial charge in [-0.15, -0.1) is 0 Å². The molecule has 0 N–H and O–H groups in total. The Labute approximate surface area is 71.7 Å². The number of nitriles is 1. The van der Waals surface area contributed by atoms with Gasteiger partial charge in [0.05, 0.1) is 17.9 Å². The minimum absolute atomic E-state index is 0.509. The van der Waals surface area contributed by atoms with Crippen LogP contribution in [0, 0.1) is 11.3 Å². The largest absolute Gasteiger partial charge is 0.497 e. The second kappa shape index (κ2) is 4.20. The summed E-state index contributed by atoms with van der Waals surface area (Å²) in [5, 5.41) is 8.51. The minimum Gasteiger partial charge on any atom is -0.497 e. The van der Waals surface area contributed by atoms with Crippen molar-refractivity contribution in [1.82, 2.24) is 0 Å². The first-order chi connectivity index (χ1) is 5.86. The Morgan fingerprint density at radius 1 is 1.42 bits per heavy atom. The monoisotopic (exact) mass is 159 g/mol. The first-order valence-corrected chi connectivity index (χ1v) is 3.58. The SMILES string of the molecule is C=COCc1ccc(C#N)cc1. The molecule has 0 saturated heterocycles. The van der Waals surface area contributed by atoms with Crippen LogP contribution >= 0.6 is 0 Å². The molecule has 0 bridgehead atoms. The van der Waals surface area contributed by atoms with Gasteiger partial charge in [-0.3, -0.25) is 0 Å². The van der Waals surface area contributed by atoms with Crippen LogP contribution in [-0.2, 0) is 11.3 Å². The van der Waals surface area contributed by atoms with Gasteiger partial charge in [0.25, 0.3) is 0 Å². The van der Waals surface area contributed by atoms with Crippen LogP contribution in [-0.4, -0.2) is 0 Å². The summed E-state index contributed by atoms with van der Waals surface area (Å²) >= 11 is 0. The van der Waals surface area contributed by atoms with Crippen LogP contribution in [0.2, 0.25) is 0 Å². The Bertz CT molecular complexity index is 295. The molecule has 0 amide bonds. The summed E-state index contributed by atoms with van der Waals surface area (Å²) in [6.45, 7) is 3.94. The number of ether oxygens (including phenoxy) is 1. The van der Waals surface area contributed by atoms with Crippen molar-refractivity contribution in [2.75, 3.05) is 0 Å². The highest BCUT2D eigenvalue weighted by atomic mass is 16.5.